The maximum absolute atomic E-state index is 13.9. The van der Waals surface area contributed by atoms with Gasteiger partial charge in [-0.25, -0.2) is 4.39 Å². The molecule has 2 aromatic rings. The van der Waals surface area contributed by atoms with E-state index in [1.807, 2.05) is 0 Å². The van der Waals surface area contributed by atoms with Gasteiger partial charge in [0.2, 0.25) is 0 Å². The Hall–Kier alpha value is -1.58. The van der Waals surface area contributed by atoms with Crippen molar-refractivity contribution < 1.29 is 14.3 Å². The lowest BCUT2D eigenvalue weighted by Crippen LogP contribution is -2.12. The summed E-state index contributed by atoms with van der Waals surface area (Å²) in [6.07, 6.45) is 0. The van der Waals surface area contributed by atoms with Gasteiger partial charge in [-0.15, -0.1) is 11.3 Å². The van der Waals surface area contributed by atoms with Crippen LogP contribution in [0.25, 0.3) is 0 Å². The molecule has 3 nitrogen and oxygen atoms in total. The molecular formula is C14H8Cl2FNO2S. The Bertz CT molecular complexity index is 749. The number of carbonyl (C=O) groups excluding carboxylic acids is 1. The van der Waals surface area contributed by atoms with Crippen LogP contribution in [-0.2, 0) is 0 Å². The quantitative estimate of drug-likeness (QED) is 0.815. The van der Waals surface area contributed by atoms with E-state index in [4.69, 9.17) is 28.3 Å². The molecule has 0 fully saturated rings. The van der Waals surface area contributed by atoms with Crippen LogP contribution < -0.4 is 5.32 Å². The van der Waals surface area contributed by atoms with Crippen LogP contribution in [0.4, 0.5) is 10.1 Å². The lowest BCUT2D eigenvalue weighted by atomic mass is 10.2. The van der Waals surface area contributed by atoms with Gasteiger partial charge in [0.1, 0.15) is 16.8 Å². The molecule has 0 bridgehead atoms. The van der Waals surface area contributed by atoms with Gasteiger partial charge in [0.25, 0.3) is 5.91 Å². The van der Waals surface area contributed by atoms with Gasteiger partial charge in [-0.3, -0.25) is 4.79 Å². The highest BCUT2D eigenvalue weighted by Crippen LogP contribution is 2.31. The van der Waals surface area contributed by atoms with Crippen molar-refractivity contribution in [2.24, 2.45) is 0 Å². The van der Waals surface area contributed by atoms with E-state index in [0.29, 0.717) is 9.90 Å². The molecule has 0 unspecified atom stereocenters. The number of hydrogen-bond donors (Lipinski definition) is 2. The van der Waals surface area contributed by atoms with Gasteiger partial charge in [-0.1, -0.05) is 35.0 Å². The van der Waals surface area contributed by atoms with E-state index >= 15 is 0 Å². The highest BCUT2D eigenvalue weighted by atomic mass is 35.5. The Kier molecular flexibility index (Phi) is 5.21. The minimum Gasteiger partial charge on any atom is -0.384 e. The average molecular weight is 344 g/mol. The fourth-order valence-electron chi connectivity index (χ4n) is 1.52. The van der Waals surface area contributed by atoms with Crippen molar-refractivity contribution in [3.05, 3.63) is 49.9 Å². The molecule has 0 aliphatic heterocycles. The zero-order chi connectivity index (χ0) is 15.4. The summed E-state index contributed by atoms with van der Waals surface area (Å²) < 4.78 is 14.5. The highest BCUT2D eigenvalue weighted by Gasteiger charge is 2.15. The van der Waals surface area contributed by atoms with Crippen molar-refractivity contribution in [3.8, 4) is 11.8 Å². The third-order valence-corrected chi connectivity index (χ3v) is 3.92. The zero-order valence-electron chi connectivity index (χ0n) is 10.4. The van der Waals surface area contributed by atoms with Crippen LogP contribution in [0.3, 0.4) is 0 Å². The molecule has 0 saturated heterocycles. The number of aliphatic hydroxyl groups excluding tert-OH is 1. The Morgan fingerprint density at radius 3 is 2.71 bits per heavy atom. The van der Waals surface area contributed by atoms with Crippen molar-refractivity contribution in [1.29, 1.82) is 0 Å². The summed E-state index contributed by atoms with van der Waals surface area (Å²) in [5.41, 5.74) is 0.597. The molecular weight excluding hydrogens is 336 g/mol. The van der Waals surface area contributed by atoms with Crippen LogP contribution in [0.2, 0.25) is 8.67 Å². The predicted molar refractivity (Wildman–Crippen MR) is 82.7 cm³/mol. The summed E-state index contributed by atoms with van der Waals surface area (Å²) in [6.45, 7) is -0.308. The van der Waals surface area contributed by atoms with Crippen LogP contribution in [0.15, 0.2) is 24.3 Å². The second-order valence-electron chi connectivity index (χ2n) is 3.85. The van der Waals surface area contributed by atoms with E-state index in [9.17, 15) is 9.18 Å². The molecule has 0 aliphatic carbocycles. The normalized spacial score (nSPS) is 9.90. The number of nitrogens with one attached hydrogen (secondary N) is 1. The standard InChI is InChI=1S/C14H8Cl2FNO2S/c15-12-7-9(13(16)21-12)14(20)18-11-4-3-8(2-1-5-19)6-10(11)17/h3-4,6-7,19H,5H2,(H,18,20). The maximum atomic E-state index is 13.9. The molecule has 7 heteroatoms. The maximum Gasteiger partial charge on any atom is 0.258 e. The second kappa shape index (κ2) is 6.92. The Morgan fingerprint density at radius 1 is 1.38 bits per heavy atom. The highest BCUT2D eigenvalue weighted by molar-refractivity contribution is 7.20. The molecule has 1 aromatic heterocycles. The predicted octanol–water partition coefficient (Wildman–Crippen LogP) is 3.79. The lowest BCUT2D eigenvalue weighted by Gasteiger charge is -2.06. The number of thiophene rings is 1. The first kappa shape index (κ1) is 15.8. The summed E-state index contributed by atoms with van der Waals surface area (Å²) >= 11 is 12.7. The van der Waals surface area contributed by atoms with E-state index in [-0.39, 0.29) is 22.2 Å². The second-order valence-corrected chi connectivity index (χ2v) is 6.13. The molecule has 21 heavy (non-hydrogen) atoms. The number of rotatable bonds is 2. The van der Waals surface area contributed by atoms with Crippen molar-refractivity contribution in [3.63, 3.8) is 0 Å². The monoisotopic (exact) mass is 343 g/mol. The van der Waals surface area contributed by atoms with Gasteiger partial charge in [0.15, 0.2) is 0 Å². The summed E-state index contributed by atoms with van der Waals surface area (Å²) in [5, 5.41) is 11.0. The molecule has 1 heterocycles. The van der Waals surface area contributed by atoms with Crippen LogP contribution in [0.5, 0.6) is 0 Å². The fraction of sp³-hybridized carbons (Fsp3) is 0.0714. The molecule has 0 radical (unpaired) electrons. The van der Waals surface area contributed by atoms with Crippen LogP contribution in [0, 0.1) is 17.7 Å². The van der Waals surface area contributed by atoms with Gasteiger partial charge in [-0.05, 0) is 24.3 Å². The van der Waals surface area contributed by atoms with Gasteiger partial charge >= 0.3 is 0 Å². The van der Waals surface area contributed by atoms with Gasteiger partial charge in [0, 0.05) is 5.56 Å². The zero-order valence-corrected chi connectivity index (χ0v) is 12.7. The Labute approximate surface area is 134 Å². The molecule has 0 aliphatic rings. The van der Waals surface area contributed by atoms with E-state index in [1.165, 1.54) is 24.3 Å². The SMILES string of the molecule is O=C(Nc1ccc(C#CCO)cc1F)c1cc(Cl)sc1Cl. The largest absolute Gasteiger partial charge is 0.384 e. The number of amides is 1. The van der Waals surface area contributed by atoms with Gasteiger partial charge in [-0.2, -0.15) is 0 Å². The smallest absolute Gasteiger partial charge is 0.258 e. The van der Waals surface area contributed by atoms with Crippen molar-refractivity contribution in [2.45, 2.75) is 0 Å². The molecule has 1 aromatic carbocycles. The number of carbonyl (C=O) groups is 1. The first-order valence-corrected chi connectivity index (χ1v) is 7.24. The number of benzene rings is 1. The van der Waals surface area contributed by atoms with Gasteiger partial charge < -0.3 is 10.4 Å². The fourth-order valence-corrected chi connectivity index (χ4v) is 2.98. The minimum atomic E-state index is -0.634. The third-order valence-electron chi connectivity index (χ3n) is 2.43. The van der Waals surface area contributed by atoms with Crippen molar-refractivity contribution in [2.75, 3.05) is 11.9 Å². The van der Waals surface area contributed by atoms with Crippen LogP contribution in [-0.4, -0.2) is 17.6 Å². The van der Waals surface area contributed by atoms with Gasteiger partial charge in [0.05, 0.1) is 15.6 Å². The van der Waals surface area contributed by atoms with E-state index < -0.39 is 11.7 Å². The number of hydrogen-bond acceptors (Lipinski definition) is 3. The number of halogens is 3. The minimum absolute atomic E-state index is 0.00735. The summed E-state index contributed by atoms with van der Waals surface area (Å²) in [6, 6.07) is 5.50. The van der Waals surface area contributed by atoms with E-state index in [2.05, 4.69) is 17.2 Å². The summed E-state index contributed by atoms with van der Waals surface area (Å²) in [7, 11) is 0. The molecule has 0 spiro atoms. The van der Waals surface area contributed by atoms with Crippen molar-refractivity contribution in [1.82, 2.24) is 0 Å². The van der Waals surface area contributed by atoms with Crippen LogP contribution in [0.1, 0.15) is 15.9 Å². The molecule has 1 amide bonds. The Morgan fingerprint density at radius 2 is 2.14 bits per heavy atom. The van der Waals surface area contributed by atoms with E-state index in [0.717, 1.165) is 11.3 Å². The molecule has 0 saturated carbocycles. The summed E-state index contributed by atoms with van der Waals surface area (Å²) in [5.74, 6) is 3.80. The molecule has 2 rings (SSSR count). The van der Waals surface area contributed by atoms with Crippen LogP contribution >= 0.6 is 34.5 Å². The Balaban J connectivity index is 2.20. The molecule has 0 atom stereocenters. The number of aliphatic hydroxyl groups is 1. The lowest BCUT2D eigenvalue weighted by molar-refractivity contribution is 0.102. The number of anilines is 1. The molecule has 2 N–H and O–H groups in total. The first-order valence-electron chi connectivity index (χ1n) is 5.66. The summed E-state index contributed by atoms with van der Waals surface area (Å²) in [4.78, 5) is 12.0. The molecule has 108 valence electrons. The van der Waals surface area contributed by atoms with Crippen molar-refractivity contribution >= 4 is 46.1 Å². The average Bonchev–Trinajstić information content (AvgIpc) is 2.78. The first-order chi connectivity index (χ1) is 10.0. The van der Waals surface area contributed by atoms with E-state index in [1.54, 1.807) is 0 Å². The topological polar surface area (TPSA) is 49.3 Å². The third kappa shape index (κ3) is 3.96.